The summed E-state index contributed by atoms with van der Waals surface area (Å²) in [6.45, 7) is 4.36. The minimum absolute atomic E-state index is 0.640. The summed E-state index contributed by atoms with van der Waals surface area (Å²) < 4.78 is 10.9. The highest BCUT2D eigenvalue weighted by Crippen LogP contribution is 2.18. The lowest BCUT2D eigenvalue weighted by Crippen LogP contribution is -2.37. The van der Waals surface area contributed by atoms with Crippen molar-refractivity contribution in [1.82, 2.24) is 10.6 Å². The normalized spacial score (nSPS) is 11.2. The van der Waals surface area contributed by atoms with E-state index >= 15 is 0 Å². The van der Waals surface area contributed by atoms with Gasteiger partial charge in [0, 0.05) is 24.5 Å². The first-order valence-electron chi connectivity index (χ1n) is 7.97. The third kappa shape index (κ3) is 5.77. The lowest BCUT2D eigenvalue weighted by molar-refractivity contribution is 0.308. The molecule has 0 saturated heterocycles. The van der Waals surface area contributed by atoms with Gasteiger partial charge in [0.1, 0.15) is 11.5 Å². The number of thiophene rings is 1. The summed E-state index contributed by atoms with van der Waals surface area (Å²) in [5, 5.41) is 8.74. The summed E-state index contributed by atoms with van der Waals surface area (Å²) in [6, 6.07) is 9.77. The number of aliphatic imine (C=N–C) groups is 1. The van der Waals surface area contributed by atoms with Gasteiger partial charge in [-0.3, -0.25) is 4.99 Å². The molecule has 24 heavy (non-hydrogen) atoms. The van der Waals surface area contributed by atoms with Crippen molar-refractivity contribution in [3.63, 3.8) is 0 Å². The zero-order chi connectivity index (χ0) is 17.2. The molecule has 0 fully saturated rings. The van der Waals surface area contributed by atoms with E-state index in [4.69, 9.17) is 9.47 Å². The van der Waals surface area contributed by atoms with E-state index in [9.17, 15) is 0 Å². The average Bonchev–Trinajstić information content (AvgIpc) is 3.02. The topological polar surface area (TPSA) is 54.9 Å². The first-order valence-corrected chi connectivity index (χ1v) is 8.85. The molecule has 5 nitrogen and oxygen atoms in total. The molecular formula is C18H25N3O2S. The fourth-order valence-corrected chi connectivity index (χ4v) is 2.98. The second-order valence-corrected chi connectivity index (χ2v) is 6.26. The Kier molecular flexibility index (Phi) is 7.42. The molecule has 0 atom stereocenters. The monoisotopic (exact) mass is 347 g/mol. The van der Waals surface area contributed by atoms with Gasteiger partial charge in [0.15, 0.2) is 5.96 Å². The molecule has 1 aromatic carbocycles. The number of guanidine groups is 1. The third-order valence-electron chi connectivity index (χ3n) is 3.53. The number of aryl methyl sites for hydroxylation is 1. The van der Waals surface area contributed by atoms with Gasteiger partial charge in [0.2, 0.25) is 0 Å². The Bertz CT molecular complexity index is 655. The Morgan fingerprint density at radius 1 is 1.21 bits per heavy atom. The fraction of sp³-hybridized carbons (Fsp3) is 0.389. The Hall–Kier alpha value is -2.21. The van der Waals surface area contributed by atoms with Crippen molar-refractivity contribution in [2.75, 3.05) is 27.3 Å². The Labute approximate surface area is 147 Å². The minimum atomic E-state index is 0.640. The molecule has 0 spiro atoms. The molecule has 0 amide bonds. The lowest BCUT2D eigenvalue weighted by Gasteiger charge is -2.12. The number of hydrogen-bond acceptors (Lipinski definition) is 4. The van der Waals surface area contributed by atoms with E-state index in [1.165, 1.54) is 10.4 Å². The second kappa shape index (κ2) is 9.82. The largest absolute Gasteiger partial charge is 0.497 e. The Morgan fingerprint density at radius 3 is 2.75 bits per heavy atom. The molecule has 2 N–H and O–H groups in total. The van der Waals surface area contributed by atoms with E-state index in [1.807, 2.05) is 24.3 Å². The Morgan fingerprint density at radius 2 is 2.04 bits per heavy atom. The van der Waals surface area contributed by atoms with Gasteiger partial charge >= 0.3 is 0 Å². The summed E-state index contributed by atoms with van der Waals surface area (Å²) in [5.41, 5.74) is 1.31. The van der Waals surface area contributed by atoms with Crippen molar-refractivity contribution in [1.29, 1.82) is 0 Å². The number of benzene rings is 1. The zero-order valence-corrected chi connectivity index (χ0v) is 15.3. The predicted molar refractivity (Wildman–Crippen MR) is 100 cm³/mol. The van der Waals surface area contributed by atoms with Crippen molar-refractivity contribution in [3.8, 4) is 11.5 Å². The molecule has 0 aliphatic carbocycles. The number of methoxy groups -OCH3 is 1. The maximum Gasteiger partial charge on any atom is 0.191 e. The van der Waals surface area contributed by atoms with E-state index in [-0.39, 0.29) is 0 Å². The van der Waals surface area contributed by atoms with Gasteiger partial charge in [0.05, 0.1) is 20.3 Å². The number of rotatable bonds is 8. The highest BCUT2D eigenvalue weighted by Gasteiger charge is 2.02. The van der Waals surface area contributed by atoms with Crippen LogP contribution < -0.4 is 20.1 Å². The first kappa shape index (κ1) is 18.1. The molecule has 0 unspecified atom stereocenters. The van der Waals surface area contributed by atoms with Crippen molar-refractivity contribution >= 4 is 17.3 Å². The van der Waals surface area contributed by atoms with Crippen molar-refractivity contribution in [3.05, 3.63) is 46.2 Å². The van der Waals surface area contributed by atoms with E-state index < -0.39 is 0 Å². The highest BCUT2D eigenvalue weighted by atomic mass is 32.1. The molecule has 2 aromatic rings. The molecule has 0 radical (unpaired) electrons. The summed E-state index contributed by atoms with van der Waals surface area (Å²) in [5.74, 6) is 2.44. The minimum Gasteiger partial charge on any atom is -0.497 e. The van der Waals surface area contributed by atoms with Crippen LogP contribution in [0, 0.1) is 6.92 Å². The number of nitrogens with one attached hydrogen (secondary N) is 2. The van der Waals surface area contributed by atoms with Crippen molar-refractivity contribution in [2.24, 2.45) is 4.99 Å². The SMILES string of the molecule is CN=C(NCCCOc1cccc(OC)c1)NCc1sccc1C. The first-order chi connectivity index (χ1) is 11.7. The summed E-state index contributed by atoms with van der Waals surface area (Å²) in [7, 11) is 3.43. The standard InChI is InChI=1S/C18H25N3O2S/c1-14-8-11-24-17(14)13-21-18(19-2)20-9-5-10-23-16-7-4-6-15(12-16)22-3/h4,6-8,11-12H,5,9-10,13H2,1-3H3,(H2,19,20,21). The number of ether oxygens (including phenoxy) is 2. The van der Waals surface area contributed by atoms with Crippen LogP contribution in [0.15, 0.2) is 40.7 Å². The molecule has 1 heterocycles. The zero-order valence-electron chi connectivity index (χ0n) is 14.5. The summed E-state index contributed by atoms with van der Waals surface area (Å²) >= 11 is 1.76. The van der Waals surface area contributed by atoms with Gasteiger partial charge < -0.3 is 20.1 Å². The van der Waals surface area contributed by atoms with Crippen LogP contribution in [0.25, 0.3) is 0 Å². The Balaban J connectivity index is 1.64. The molecule has 6 heteroatoms. The number of hydrogen-bond donors (Lipinski definition) is 2. The molecule has 2 rings (SSSR count). The second-order valence-electron chi connectivity index (χ2n) is 5.26. The van der Waals surface area contributed by atoms with Crippen LogP contribution in [-0.4, -0.2) is 33.3 Å². The molecular weight excluding hydrogens is 322 g/mol. The quantitative estimate of drug-likeness (QED) is 0.437. The van der Waals surface area contributed by atoms with Crippen molar-refractivity contribution < 1.29 is 9.47 Å². The maximum absolute atomic E-state index is 5.72. The van der Waals surface area contributed by atoms with Crippen LogP contribution in [0.5, 0.6) is 11.5 Å². The average molecular weight is 347 g/mol. The maximum atomic E-state index is 5.72. The van der Waals surface area contributed by atoms with Crippen LogP contribution in [0.4, 0.5) is 0 Å². The van der Waals surface area contributed by atoms with Crippen LogP contribution >= 0.6 is 11.3 Å². The molecule has 0 aliphatic rings. The van der Waals surface area contributed by atoms with Gasteiger partial charge in [-0.2, -0.15) is 0 Å². The summed E-state index contributed by atoms with van der Waals surface area (Å²) in [4.78, 5) is 5.57. The van der Waals surface area contributed by atoms with Crippen LogP contribution in [-0.2, 0) is 6.54 Å². The van der Waals surface area contributed by atoms with Crippen LogP contribution in [0.2, 0.25) is 0 Å². The van der Waals surface area contributed by atoms with Crippen molar-refractivity contribution in [2.45, 2.75) is 19.9 Å². The van der Waals surface area contributed by atoms with E-state index in [0.717, 1.165) is 37.0 Å². The summed E-state index contributed by atoms with van der Waals surface area (Å²) in [6.07, 6.45) is 0.885. The predicted octanol–water partition coefficient (Wildman–Crippen LogP) is 3.20. The molecule has 130 valence electrons. The number of nitrogens with zero attached hydrogens (tertiary/aromatic N) is 1. The lowest BCUT2D eigenvalue weighted by atomic mass is 10.3. The van der Waals surface area contributed by atoms with Gasteiger partial charge in [-0.05, 0) is 42.5 Å². The molecule has 0 saturated carbocycles. The highest BCUT2D eigenvalue weighted by molar-refractivity contribution is 7.10. The van der Waals surface area contributed by atoms with Gasteiger partial charge in [0.25, 0.3) is 0 Å². The van der Waals surface area contributed by atoms with E-state index in [2.05, 4.69) is 34.0 Å². The van der Waals surface area contributed by atoms with E-state index in [0.29, 0.717) is 6.61 Å². The van der Waals surface area contributed by atoms with Crippen LogP contribution in [0.1, 0.15) is 16.9 Å². The van der Waals surface area contributed by atoms with Gasteiger partial charge in [-0.25, -0.2) is 0 Å². The molecule has 1 aromatic heterocycles. The van der Waals surface area contributed by atoms with Gasteiger partial charge in [-0.15, -0.1) is 11.3 Å². The molecule has 0 aliphatic heterocycles. The van der Waals surface area contributed by atoms with Gasteiger partial charge in [-0.1, -0.05) is 6.07 Å². The van der Waals surface area contributed by atoms with E-state index in [1.54, 1.807) is 25.5 Å². The third-order valence-corrected chi connectivity index (χ3v) is 4.55. The van der Waals surface area contributed by atoms with Crippen LogP contribution in [0.3, 0.4) is 0 Å². The smallest absolute Gasteiger partial charge is 0.191 e. The fourth-order valence-electron chi connectivity index (χ4n) is 2.13. The molecule has 0 bridgehead atoms.